The number of hydrogen-bond acceptors (Lipinski definition) is 3. The fourth-order valence-electron chi connectivity index (χ4n) is 8.65. The molecule has 176 valence electrons. The van der Waals surface area contributed by atoms with Crippen LogP contribution in [0.25, 0.3) is 0 Å². The lowest BCUT2D eigenvalue weighted by molar-refractivity contribution is -0.235. The van der Waals surface area contributed by atoms with Crippen LogP contribution in [-0.2, 0) is 14.3 Å². The first kappa shape index (κ1) is 23.6. The summed E-state index contributed by atoms with van der Waals surface area (Å²) >= 11 is 6.47. The molecule has 0 amide bonds. The molecule has 9 unspecified atom stereocenters. The molecule has 0 N–H and O–H groups in total. The van der Waals surface area contributed by atoms with Crippen molar-refractivity contribution in [3.05, 3.63) is 0 Å². The van der Waals surface area contributed by atoms with Crippen LogP contribution in [0.4, 0.5) is 0 Å². The van der Waals surface area contributed by atoms with Gasteiger partial charge in [-0.3, -0.25) is 9.59 Å². The van der Waals surface area contributed by atoms with E-state index in [2.05, 4.69) is 34.6 Å². The molecule has 3 saturated carbocycles. The van der Waals surface area contributed by atoms with Crippen molar-refractivity contribution in [2.45, 2.75) is 110 Å². The molecule has 0 aromatic rings. The molecule has 4 heteroatoms. The Morgan fingerprint density at radius 1 is 1.06 bits per heavy atom. The highest BCUT2D eigenvalue weighted by molar-refractivity contribution is 6.20. The van der Waals surface area contributed by atoms with E-state index in [0.29, 0.717) is 24.2 Å². The summed E-state index contributed by atoms with van der Waals surface area (Å²) in [6.45, 7) is 11.8. The Labute approximate surface area is 194 Å². The molecule has 3 aliphatic carbocycles. The van der Waals surface area contributed by atoms with Gasteiger partial charge in [-0.15, -0.1) is 11.6 Å². The number of aldehydes is 1. The minimum absolute atomic E-state index is 0.0448. The second-order valence-electron chi connectivity index (χ2n) is 12.5. The second-order valence-corrected chi connectivity index (χ2v) is 13.1. The molecule has 1 saturated heterocycles. The van der Waals surface area contributed by atoms with Gasteiger partial charge in [-0.25, -0.2) is 0 Å². The first-order chi connectivity index (χ1) is 14.6. The molecule has 4 aliphatic rings. The van der Waals surface area contributed by atoms with Gasteiger partial charge in [-0.05, 0) is 73.5 Å². The molecule has 0 aromatic carbocycles. The summed E-state index contributed by atoms with van der Waals surface area (Å²) in [4.78, 5) is 25.8. The van der Waals surface area contributed by atoms with E-state index < -0.39 is 5.60 Å². The minimum atomic E-state index is -1.02. The predicted molar refractivity (Wildman–Crippen MR) is 125 cm³/mol. The van der Waals surface area contributed by atoms with Gasteiger partial charge in [0.25, 0.3) is 0 Å². The summed E-state index contributed by atoms with van der Waals surface area (Å²) in [6, 6.07) is 0. The number of carbonyl (C=O) groups excluding carboxylic acids is 2. The molecule has 1 aliphatic heterocycles. The van der Waals surface area contributed by atoms with Crippen molar-refractivity contribution in [2.75, 3.05) is 0 Å². The highest BCUT2D eigenvalue weighted by Gasteiger charge is 2.69. The Balaban J connectivity index is 1.57. The Hall–Kier alpha value is -0.570. The van der Waals surface area contributed by atoms with E-state index in [4.69, 9.17) is 16.3 Å². The van der Waals surface area contributed by atoms with Crippen LogP contribution in [0, 0.1) is 46.3 Å². The number of carbonyl (C=O) groups is 2. The molecule has 0 radical (unpaired) electrons. The van der Waals surface area contributed by atoms with Gasteiger partial charge in [-0.2, -0.15) is 0 Å². The largest absolute Gasteiger partial charge is 0.450 e. The molecular formula is C27H43ClO3. The van der Waals surface area contributed by atoms with Gasteiger partial charge in [0.15, 0.2) is 11.9 Å². The van der Waals surface area contributed by atoms with E-state index in [1.54, 1.807) is 0 Å². The molecule has 0 bridgehead atoms. The maximum atomic E-state index is 13.5. The van der Waals surface area contributed by atoms with E-state index in [1.165, 1.54) is 32.1 Å². The third-order valence-corrected chi connectivity index (χ3v) is 10.9. The molecule has 1 heterocycles. The van der Waals surface area contributed by atoms with Crippen molar-refractivity contribution in [1.29, 1.82) is 0 Å². The van der Waals surface area contributed by atoms with Crippen LogP contribution in [0.2, 0.25) is 0 Å². The number of esters is 1. The summed E-state index contributed by atoms with van der Waals surface area (Å²) in [5, 5.41) is -0.0842. The number of halogens is 1. The normalized spacial score (nSPS) is 47.8. The van der Waals surface area contributed by atoms with E-state index in [0.717, 1.165) is 37.9 Å². The number of fused-ring (bicyclic) bond motifs is 5. The summed E-state index contributed by atoms with van der Waals surface area (Å²) in [6.07, 6.45) is 11.7. The summed E-state index contributed by atoms with van der Waals surface area (Å²) < 4.78 is 6.12. The van der Waals surface area contributed by atoms with E-state index >= 15 is 0 Å². The molecular weight excluding hydrogens is 408 g/mol. The van der Waals surface area contributed by atoms with Gasteiger partial charge in [0.2, 0.25) is 0 Å². The van der Waals surface area contributed by atoms with Crippen LogP contribution in [0.3, 0.4) is 0 Å². The van der Waals surface area contributed by atoms with Gasteiger partial charge in [0.05, 0.1) is 5.92 Å². The molecule has 0 aromatic heterocycles. The van der Waals surface area contributed by atoms with Crippen molar-refractivity contribution in [3.63, 3.8) is 0 Å². The van der Waals surface area contributed by atoms with E-state index in [1.807, 2.05) is 0 Å². The third kappa shape index (κ3) is 3.60. The SMILES string of the molecule is CC(C)CCCC(C)C1CCC2C3C(=O)OC4(C=O)CC(Cl)CCC4(C)C3CCC12C. The average molecular weight is 451 g/mol. The molecule has 4 fully saturated rings. The van der Waals surface area contributed by atoms with Crippen molar-refractivity contribution in [3.8, 4) is 0 Å². The maximum absolute atomic E-state index is 13.5. The Morgan fingerprint density at radius 3 is 2.48 bits per heavy atom. The van der Waals surface area contributed by atoms with Crippen molar-refractivity contribution >= 4 is 23.9 Å². The number of alkyl halides is 1. The molecule has 0 spiro atoms. The van der Waals surface area contributed by atoms with Crippen LogP contribution in [0.1, 0.15) is 98.8 Å². The zero-order valence-corrected chi connectivity index (χ0v) is 21.0. The lowest BCUT2D eigenvalue weighted by Crippen LogP contribution is -2.67. The minimum Gasteiger partial charge on any atom is -0.450 e. The summed E-state index contributed by atoms with van der Waals surface area (Å²) in [5.74, 6) is 2.67. The van der Waals surface area contributed by atoms with Gasteiger partial charge < -0.3 is 4.74 Å². The zero-order valence-electron chi connectivity index (χ0n) is 20.3. The smallest absolute Gasteiger partial charge is 0.310 e. The standard InChI is InChI=1S/C27H43ClO3/c1-17(2)7-6-8-18(3)20-9-10-21-23-22(12-13-25(20,21)4)26(5)14-11-19(28)15-27(26,16-29)31-24(23)30/h16-23H,6-15H2,1-5H3. The maximum Gasteiger partial charge on any atom is 0.310 e. The summed E-state index contributed by atoms with van der Waals surface area (Å²) in [7, 11) is 0. The Bertz CT molecular complexity index is 707. The Kier molecular flexibility index (Phi) is 6.34. The molecule has 4 rings (SSSR count). The highest BCUT2D eigenvalue weighted by atomic mass is 35.5. The fraction of sp³-hybridized carbons (Fsp3) is 0.926. The monoisotopic (exact) mass is 450 g/mol. The quantitative estimate of drug-likeness (QED) is 0.254. The highest BCUT2D eigenvalue weighted by Crippen LogP contribution is 2.68. The van der Waals surface area contributed by atoms with E-state index in [-0.39, 0.29) is 34.0 Å². The number of hydrogen-bond donors (Lipinski definition) is 0. The van der Waals surface area contributed by atoms with Crippen molar-refractivity contribution in [1.82, 2.24) is 0 Å². The number of rotatable bonds is 6. The second kappa shape index (κ2) is 8.33. The first-order valence-corrected chi connectivity index (χ1v) is 13.3. The zero-order chi connectivity index (χ0) is 22.6. The third-order valence-electron chi connectivity index (χ3n) is 10.5. The molecule has 31 heavy (non-hydrogen) atoms. The lowest BCUT2D eigenvalue weighted by Gasteiger charge is -2.62. The van der Waals surface area contributed by atoms with Gasteiger partial charge in [0.1, 0.15) is 0 Å². The predicted octanol–water partition coefficient (Wildman–Crippen LogP) is 6.80. The van der Waals surface area contributed by atoms with Crippen LogP contribution in [-0.4, -0.2) is 23.2 Å². The molecule has 9 atom stereocenters. The summed E-state index contributed by atoms with van der Waals surface area (Å²) in [5.41, 5.74) is -1.08. The van der Waals surface area contributed by atoms with Gasteiger partial charge >= 0.3 is 5.97 Å². The molecule has 3 nitrogen and oxygen atoms in total. The first-order valence-electron chi connectivity index (χ1n) is 12.9. The van der Waals surface area contributed by atoms with Crippen molar-refractivity contribution < 1.29 is 14.3 Å². The van der Waals surface area contributed by atoms with Gasteiger partial charge in [-0.1, -0.05) is 53.9 Å². The lowest BCUT2D eigenvalue weighted by atomic mass is 9.46. The van der Waals surface area contributed by atoms with Crippen LogP contribution < -0.4 is 0 Å². The fourth-order valence-corrected chi connectivity index (χ4v) is 8.99. The van der Waals surface area contributed by atoms with Crippen LogP contribution >= 0.6 is 11.6 Å². The average Bonchev–Trinajstić information content (AvgIpc) is 3.06. The Morgan fingerprint density at radius 2 is 1.81 bits per heavy atom. The van der Waals surface area contributed by atoms with Crippen molar-refractivity contribution in [2.24, 2.45) is 46.3 Å². The topological polar surface area (TPSA) is 43.4 Å². The van der Waals surface area contributed by atoms with Crippen LogP contribution in [0.15, 0.2) is 0 Å². The number of ether oxygens (including phenoxy) is 1. The van der Waals surface area contributed by atoms with Gasteiger partial charge in [0, 0.05) is 17.2 Å². The van der Waals surface area contributed by atoms with E-state index in [9.17, 15) is 9.59 Å². The van der Waals surface area contributed by atoms with Crippen LogP contribution in [0.5, 0.6) is 0 Å².